The first kappa shape index (κ1) is 10.7. The van der Waals surface area contributed by atoms with E-state index in [4.69, 9.17) is 0 Å². The van der Waals surface area contributed by atoms with Crippen LogP contribution in [-0.4, -0.2) is 0 Å². The van der Waals surface area contributed by atoms with E-state index in [0.29, 0.717) is 0 Å². The quantitative estimate of drug-likeness (QED) is 0.524. The van der Waals surface area contributed by atoms with Crippen LogP contribution in [0.3, 0.4) is 0 Å². The van der Waals surface area contributed by atoms with Crippen molar-refractivity contribution >= 4 is 0 Å². The van der Waals surface area contributed by atoms with Gasteiger partial charge in [0.2, 0.25) is 0 Å². The highest BCUT2D eigenvalue weighted by Gasteiger charge is 2.05. The fourth-order valence-electron chi connectivity index (χ4n) is 1.42. The molecular formula is C11H22. The molecule has 0 aliphatic carbocycles. The Kier molecular flexibility index (Phi) is 6.30. The minimum absolute atomic E-state index is 0.852. The minimum Gasteiger partial charge on any atom is -0.0917 e. The molecule has 0 saturated heterocycles. The van der Waals surface area contributed by atoms with Gasteiger partial charge in [-0.05, 0) is 31.6 Å². The van der Waals surface area contributed by atoms with Crippen molar-refractivity contribution in [3.8, 4) is 0 Å². The molecule has 1 unspecified atom stereocenters. The Bertz CT molecular complexity index is 101. The third kappa shape index (κ3) is 6.15. The van der Waals surface area contributed by atoms with Gasteiger partial charge in [-0.25, -0.2) is 0 Å². The van der Waals surface area contributed by atoms with Crippen molar-refractivity contribution in [2.24, 2.45) is 11.8 Å². The normalized spacial score (nSPS) is 14.6. The summed E-state index contributed by atoms with van der Waals surface area (Å²) in [7, 11) is 0. The maximum Gasteiger partial charge on any atom is -0.0322 e. The number of allylic oxidation sites excluding steroid dienone is 2. The van der Waals surface area contributed by atoms with Crippen LogP contribution in [0.5, 0.6) is 0 Å². The lowest BCUT2D eigenvalue weighted by molar-refractivity contribution is 0.402. The maximum absolute atomic E-state index is 2.30. The Morgan fingerprint density at radius 1 is 1.27 bits per heavy atom. The first-order valence-electron chi connectivity index (χ1n) is 4.81. The summed E-state index contributed by atoms with van der Waals surface area (Å²) in [5, 5.41) is 0. The molecule has 1 atom stereocenters. The molecule has 0 aliphatic heterocycles. The van der Waals surface area contributed by atoms with Crippen molar-refractivity contribution < 1.29 is 0 Å². The van der Waals surface area contributed by atoms with Gasteiger partial charge in [-0.15, -0.1) is 0 Å². The highest BCUT2D eigenvalue weighted by atomic mass is 14.1. The second-order valence-corrected chi connectivity index (χ2v) is 3.71. The summed E-state index contributed by atoms with van der Waals surface area (Å²) in [4.78, 5) is 0. The van der Waals surface area contributed by atoms with Crippen LogP contribution in [0.15, 0.2) is 12.2 Å². The zero-order valence-corrected chi connectivity index (χ0v) is 8.43. The highest BCUT2D eigenvalue weighted by Crippen LogP contribution is 2.18. The Morgan fingerprint density at radius 3 is 2.27 bits per heavy atom. The van der Waals surface area contributed by atoms with Crippen LogP contribution < -0.4 is 0 Å². The van der Waals surface area contributed by atoms with Crippen molar-refractivity contribution in [1.29, 1.82) is 0 Å². The Hall–Kier alpha value is -0.260. The Morgan fingerprint density at radius 2 is 1.91 bits per heavy atom. The molecule has 0 aliphatic rings. The van der Waals surface area contributed by atoms with Gasteiger partial charge >= 0.3 is 0 Å². The minimum atomic E-state index is 0.852. The molecule has 0 amide bonds. The van der Waals surface area contributed by atoms with E-state index < -0.39 is 0 Å². The van der Waals surface area contributed by atoms with E-state index in [0.717, 1.165) is 11.8 Å². The predicted molar refractivity (Wildman–Crippen MR) is 52.7 cm³/mol. The monoisotopic (exact) mass is 154 g/mol. The predicted octanol–water partition coefficient (Wildman–Crippen LogP) is 4.02. The van der Waals surface area contributed by atoms with Crippen molar-refractivity contribution in [3.63, 3.8) is 0 Å². The van der Waals surface area contributed by atoms with E-state index in [1.54, 1.807) is 0 Å². The van der Waals surface area contributed by atoms with Gasteiger partial charge in [-0.1, -0.05) is 39.3 Å². The molecule has 0 spiro atoms. The van der Waals surface area contributed by atoms with Gasteiger partial charge in [0.1, 0.15) is 0 Å². The second kappa shape index (κ2) is 6.45. The molecule has 0 radical (unpaired) electrons. The molecule has 0 fully saturated rings. The van der Waals surface area contributed by atoms with Crippen molar-refractivity contribution in [2.75, 3.05) is 0 Å². The van der Waals surface area contributed by atoms with Crippen LogP contribution in [-0.2, 0) is 0 Å². The van der Waals surface area contributed by atoms with E-state index in [-0.39, 0.29) is 0 Å². The van der Waals surface area contributed by atoms with Crippen molar-refractivity contribution in [2.45, 2.75) is 47.0 Å². The Balaban J connectivity index is 3.57. The molecule has 11 heavy (non-hydrogen) atoms. The third-order valence-electron chi connectivity index (χ3n) is 2.09. The van der Waals surface area contributed by atoms with Crippen LogP contribution in [0.25, 0.3) is 0 Å². The largest absolute Gasteiger partial charge is 0.0917 e. The van der Waals surface area contributed by atoms with Gasteiger partial charge in [-0.2, -0.15) is 0 Å². The van der Waals surface area contributed by atoms with Gasteiger partial charge in [0.05, 0.1) is 0 Å². The number of hydrogen-bond donors (Lipinski definition) is 0. The lowest BCUT2D eigenvalue weighted by Crippen LogP contribution is -2.01. The molecule has 0 N–H and O–H groups in total. The molecule has 0 nitrogen and oxygen atoms in total. The van der Waals surface area contributed by atoms with Gasteiger partial charge < -0.3 is 0 Å². The molecule has 0 aromatic heterocycles. The summed E-state index contributed by atoms with van der Waals surface area (Å²) in [6.07, 6.45) is 8.41. The lowest BCUT2D eigenvalue weighted by atomic mass is 9.92. The van der Waals surface area contributed by atoms with Gasteiger partial charge in [0, 0.05) is 0 Å². The van der Waals surface area contributed by atoms with Crippen LogP contribution >= 0.6 is 0 Å². The SMILES string of the molecule is CC=CCC(CC)CC(C)C. The molecule has 0 heteroatoms. The van der Waals surface area contributed by atoms with Gasteiger partial charge in [-0.3, -0.25) is 0 Å². The van der Waals surface area contributed by atoms with Crippen molar-refractivity contribution in [1.82, 2.24) is 0 Å². The zero-order valence-electron chi connectivity index (χ0n) is 8.43. The average Bonchev–Trinajstić information content (AvgIpc) is 1.97. The standard InChI is InChI=1S/C11H22/c1-5-7-8-11(6-2)9-10(3)4/h5,7,10-11H,6,8-9H2,1-4H3. The molecule has 0 aromatic rings. The summed E-state index contributed by atoms with van der Waals surface area (Å²) in [5.74, 6) is 1.76. The smallest absolute Gasteiger partial charge is 0.0322 e. The van der Waals surface area contributed by atoms with E-state index in [1.165, 1.54) is 19.3 Å². The summed E-state index contributed by atoms with van der Waals surface area (Å²) in [6.45, 7) is 9.00. The van der Waals surface area contributed by atoms with E-state index >= 15 is 0 Å². The van der Waals surface area contributed by atoms with Gasteiger partial charge in [0.25, 0.3) is 0 Å². The van der Waals surface area contributed by atoms with Crippen molar-refractivity contribution in [3.05, 3.63) is 12.2 Å². The summed E-state index contributed by atoms with van der Waals surface area (Å²) in [5.41, 5.74) is 0. The number of rotatable bonds is 5. The molecule has 0 rings (SSSR count). The topological polar surface area (TPSA) is 0 Å². The molecule has 0 bridgehead atoms. The summed E-state index contributed by atoms with van der Waals surface area (Å²) < 4.78 is 0. The third-order valence-corrected chi connectivity index (χ3v) is 2.09. The van der Waals surface area contributed by atoms with Crippen LogP contribution in [0.2, 0.25) is 0 Å². The van der Waals surface area contributed by atoms with E-state index in [9.17, 15) is 0 Å². The zero-order chi connectivity index (χ0) is 8.69. The van der Waals surface area contributed by atoms with Crippen LogP contribution in [0, 0.1) is 11.8 Å². The summed E-state index contributed by atoms with van der Waals surface area (Å²) in [6, 6.07) is 0. The lowest BCUT2D eigenvalue weighted by Gasteiger charge is -2.14. The second-order valence-electron chi connectivity index (χ2n) is 3.71. The molecule has 0 heterocycles. The number of hydrogen-bond acceptors (Lipinski definition) is 0. The molecule has 0 saturated carbocycles. The van der Waals surface area contributed by atoms with Crippen LogP contribution in [0.4, 0.5) is 0 Å². The summed E-state index contributed by atoms with van der Waals surface area (Å²) >= 11 is 0. The fraction of sp³-hybridized carbons (Fsp3) is 0.818. The van der Waals surface area contributed by atoms with Gasteiger partial charge in [0.15, 0.2) is 0 Å². The Labute approximate surface area is 71.7 Å². The van der Waals surface area contributed by atoms with E-state index in [2.05, 4.69) is 39.8 Å². The molecule has 66 valence electrons. The molecular weight excluding hydrogens is 132 g/mol. The van der Waals surface area contributed by atoms with E-state index in [1.807, 2.05) is 0 Å². The molecule has 0 aromatic carbocycles. The maximum atomic E-state index is 2.30. The fourth-order valence-corrected chi connectivity index (χ4v) is 1.42. The average molecular weight is 154 g/mol. The first-order chi connectivity index (χ1) is 5.20. The highest BCUT2D eigenvalue weighted by molar-refractivity contribution is 4.80. The first-order valence-corrected chi connectivity index (χ1v) is 4.81. The van der Waals surface area contributed by atoms with Crippen LogP contribution in [0.1, 0.15) is 47.0 Å².